The molecule has 5 nitrogen and oxygen atoms in total. The molecule has 0 saturated carbocycles. The van der Waals surface area contributed by atoms with Crippen LogP contribution < -0.4 is 4.90 Å². The average molecular weight is 380 g/mol. The van der Waals surface area contributed by atoms with Crippen molar-refractivity contribution in [1.82, 2.24) is 14.5 Å². The zero-order valence-corrected chi connectivity index (χ0v) is 15.9. The summed E-state index contributed by atoms with van der Waals surface area (Å²) in [6.45, 7) is 0.809. The highest BCUT2D eigenvalue weighted by atomic mass is 16.2. The van der Waals surface area contributed by atoms with Gasteiger partial charge in [-0.1, -0.05) is 12.1 Å². The second kappa shape index (κ2) is 7.36. The number of hydrogen-bond acceptors (Lipinski definition) is 3. The van der Waals surface area contributed by atoms with Gasteiger partial charge in [0.2, 0.25) is 5.91 Å². The molecule has 5 rings (SSSR count). The first kappa shape index (κ1) is 17.4. The van der Waals surface area contributed by atoms with Gasteiger partial charge in [-0.3, -0.25) is 14.8 Å². The number of aromatic nitrogens is 3. The number of carbonyl (C=O) groups excluding carboxylic acids is 1. The van der Waals surface area contributed by atoms with Crippen molar-refractivity contribution in [3.63, 3.8) is 0 Å². The zero-order valence-electron chi connectivity index (χ0n) is 15.9. The molecule has 0 aliphatic carbocycles. The number of anilines is 1. The summed E-state index contributed by atoms with van der Waals surface area (Å²) in [4.78, 5) is 22.3. The fourth-order valence-electron chi connectivity index (χ4n) is 3.75. The van der Waals surface area contributed by atoms with E-state index >= 15 is 0 Å². The minimum Gasteiger partial charge on any atom is -0.323 e. The van der Waals surface area contributed by atoms with Gasteiger partial charge in [-0.15, -0.1) is 0 Å². The van der Waals surface area contributed by atoms with Crippen LogP contribution in [-0.2, 0) is 4.79 Å². The van der Waals surface area contributed by atoms with Crippen LogP contribution in [0.3, 0.4) is 0 Å². The molecule has 1 aliphatic heterocycles. The smallest absolute Gasteiger partial charge is 0.227 e. The lowest BCUT2D eigenvalue weighted by atomic mass is 10.0. The van der Waals surface area contributed by atoms with Gasteiger partial charge in [0.15, 0.2) is 0 Å². The highest BCUT2D eigenvalue weighted by Gasteiger charge is 2.21. The van der Waals surface area contributed by atoms with Crippen LogP contribution >= 0.6 is 0 Å². The molecule has 0 radical (unpaired) electrons. The van der Waals surface area contributed by atoms with Crippen LogP contribution in [0.15, 0.2) is 85.7 Å². The molecule has 0 N–H and O–H groups in total. The van der Waals surface area contributed by atoms with Crippen LogP contribution in [0.4, 0.5) is 5.69 Å². The fourth-order valence-corrected chi connectivity index (χ4v) is 3.75. The maximum absolute atomic E-state index is 11.9. The van der Waals surface area contributed by atoms with Gasteiger partial charge in [0.25, 0.3) is 0 Å². The first-order valence-corrected chi connectivity index (χ1v) is 9.72. The maximum Gasteiger partial charge on any atom is 0.227 e. The van der Waals surface area contributed by atoms with Gasteiger partial charge in [0.1, 0.15) is 0 Å². The number of hydrogen-bond donors (Lipinski definition) is 0. The van der Waals surface area contributed by atoms with Crippen molar-refractivity contribution >= 4 is 11.6 Å². The van der Waals surface area contributed by atoms with E-state index in [-0.39, 0.29) is 5.91 Å². The molecule has 29 heavy (non-hydrogen) atoms. The first-order valence-electron chi connectivity index (χ1n) is 9.72. The van der Waals surface area contributed by atoms with Crippen molar-refractivity contribution in [2.45, 2.75) is 12.8 Å². The minimum absolute atomic E-state index is 0.208. The van der Waals surface area contributed by atoms with Crippen molar-refractivity contribution in [2.24, 2.45) is 0 Å². The molecule has 0 unspecified atom stereocenters. The summed E-state index contributed by atoms with van der Waals surface area (Å²) in [6, 6.07) is 16.3. The lowest BCUT2D eigenvalue weighted by molar-refractivity contribution is -0.117. The van der Waals surface area contributed by atoms with E-state index in [0.717, 1.165) is 46.6 Å². The summed E-state index contributed by atoms with van der Waals surface area (Å²) in [7, 11) is 0. The molecular weight excluding hydrogens is 360 g/mol. The fraction of sp³-hybridized carbons (Fsp3) is 0.125. The molecule has 1 saturated heterocycles. The Morgan fingerprint density at radius 3 is 2.24 bits per heavy atom. The van der Waals surface area contributed by atoms with E-state index in [1.165, 1.54) is 0 Å². The van der Waals surface area contributed by atoms with Crippen LogP contribution in [0.25, 0.3) is 27.9 Å². The summed E-state index contributed by atoms with van der Waals surface area (Å²) in [5.74, 6) is 0.208. The van der Waals surface area contributed by atoms with Gasteiger partial charge < -0.3 is 9.47 Å². The SMILES string of the molecule is O=C1CCCN1c1ccc(-c2cncc(-c3ccn(-c4ccncc4)c3)c2)cc1. The Labute approximate surface area is 169 Å². The van der Waals surface area contributed by atoms with Crippen LogP contribution in [0.1, 0.15) is 12.8 Å². The van der Waals surface area contributed by atoms with Crippen LogP contribution in [-0.4, -0.2) is 27.0 Å². The summed E-state index contributed by atoms with van der Waals surface area (Å²) in [5, 5.41) is 0. The number of amides is 1. The van der Waals surface area contributed by atoms with E-state index in [4.69, 9.17) is 0 Å². The molecule has 0 bridgehead atoms. The molecule has 5 heteroatoms. The van der Waals surface area contributed by atoms with E-state index in [9.17, 15) is 4.79 Å². The molecular formula is C24H20N4O. The van der Waals surface area contributed by atoms with Crippen LogP contribution in [0, 0.1) is 0 Å². The third kappa shape index (κ3) is 3.43. The number of benzene rings is 1. The predicted molar refractivity (Wildman–Crippen MR) is 114 cm³/mol. The molecule has 1 amide bonds. The minimum atomic E-state index is 0.208. The van der Waals surface area contributed by atoms with Crippen molar-refractivity contribution in [3.05, 3.63) is 85.7 Å². The van der Waals surface area contributed by atoms with E-state index in [2.05, 4.69) is 45.0 Å². The van der Waals surface area contributed by atoms with E-state index in [0.29, 0.717) is 6.42 Å². The monoisotopic (exact) mass is 380 g/mol. The lowest BCUT2D eigenvalue weighted by Crippen LogP contribution is -2.23. The van der Waals surface area contributed by atoms with Crippen molar-refractivity contribution in [1.29, 1.82) is 0 Å². The Morgan fingerprint density at radius 1 is 0.759 bits per heavy atom. The molecule has 0 atom stereocenters. The molecule has 3 aromatic heterocycles. The Kier molecular flexibility index (Phi) is 4.41. The van der Waals surface area contributed by atoms with E-state index < -0.39 is 0 Å². The Bertz CT molecular complexity index is 1150. The summed E-state index contributed by atoms with van der Waals surface area (Å²) >= 11 is 0. The largest absolute Gasteiger partial charge is 0.323 e. The van der Waals surface area contributed by atoms with E-state index in [1.807, 2.05) is 47.8 Å². The average Bonchev–Trinajstić information content (AvgIpc) is 3.44. The maximum atomic E-state index is 11.9. The molecule has 1 aliphatic rings. The molecule has 142 valence electrons. The third-order valence-electron chi connectivity index (χ3n) is 5.31. The standard InChI is InChI=1S/C24H20N4O/c29-24-2-1-12-28(24)23-5-3-18(4-6-23)20-14-21(16-26-15-20)19-9-13-27(17-19)22-7-10-25-11-8-22/h3-11,13-17H,1-2,12H2. The number of carbonyl (C=O) groups is 1. The quantitative estimate of drug-likeness (QED) is 0.514. The van der Waals surface area contributed by atoms with Crippen molar-refractivity contribution in [2.75, 3.05) is 11.4 Å². The van der Waals surface area contributed by atoms with Gasteiger partial charge in [0.05, 0.1) is 0 Å². The van der Waals surface area contributed by atoms with Crippen LogP contribution in [0.5, 0.6) is 0 Å². The molecule has 4 aromatic rings. The van der Waals surface area contributed by atoms with Gasteiger partial charge in [-0.25, -0.2) is 0 Å². The van der Waals surface area contributed by atoms with E-state index in [1.54, 1.807) is 12.4 Å². The predicted octanol–water partition coefficient (Wildman–Crippen LogP) is 4.73. The van der Waals surface area contributed by atoms with Crippen molar-refractivity contribution < 1.29 is 4.79 Å². The number of rotatable bonds is 4. The van der Waals surface area contributed by atoms with Crippen molar-refractivity contribution in [3.8, 4) is 27.9 Å². The van der Waals surface area contributed by atoms with Gasteiger partial charge in [0, 0.05) is 78.2 Å². The highest BCUT2D eigenvalue weighted by molar-refractivity contribution is 5.95. The summed E-state index contributed by atoms with van der Waals surface area (Å²) < 4.78 is 2.07. The zero-order chi connectivity index (χ0) is 19.6. The van der Waals surface area contributed by atoms with Gasteiger partial charge >= 0.3 is 0 Å². The third-order valence-corrected chi connectivity index (χ3v) is 5.31. The molecule has 1 aromatic carbocycles. The van der Waals surface area contributed by atoms with Gasteiger partial charge in [-0.05, 0) is 48.4 Å². The second-order valence-electron chi connectivity index (χ2n) is 7.17. The lowest BCUT2D eigenvalue weighted by Gasteiger charge is -2.16. The molecule has 4 heterocycles. The van der Waals surface area contributed by atoms with Gasteiger partial charge in [-0.2, -0.15) is 0 Å². The normalized spacial score (nSPS) is 13.8. The first-order chi connectivity index (χ1) is 14.3. The highest BCUT2D eigenvalue weighted by Crippen LogP contribution is 2.29. The molecule has 0 spiro atoms. The molecule has 1 fully saturated rings. The summed E-state index contributed by atoms with van der Waals surface area (Å²) in [5.41, 5.74) is 6.35. The Morgan fingerprint density at radius 2 is 1.52 bits per heavy atom. The number of pyridine rings is 2. The second-order valence-corrected chi connectivity index (χ2v) is 7.17. The topological polar surface area (TPSA) is 51.0 Å². The van der Waals surface area contributed by atoms with Crippen LogP contribution in [0.2, 0.25) is 0 Å². The summed E-state index contributed by atoms with van der Waals surface area (Å²) in [6.07, 6.45) is 13.1. The Balaban J connectivity index is 1.42. The number of nitrogens with zero attached hydrogens (tertiary/aromatic N) is 4. The Hall–Kier alpha value is -3.73.